The molecule has 0 unspecified atom stereocenters. The van der Waals surface area contributed by atoms with E-state index in [1.807, 2.05) is 18.0 Å². The van der Waals surface area contributed by atoms with Crippen LogP contribution < -0.4 is 5.32 Å². The molecule has 2 saturated heterocycles. The first-order chi connectivity index (χ1) is 11.6. The number of carbonyl (C=O) groups excluding carboxylic acids is 1. The van der Waals surface area contributed by atoms with Gasteiger partial charge in [0.25, 0.3) is 5.91 Å². The molecule has 0 bridgehead atoms. The second-order valence-electron chi connectivity index (χ2n) is 6.91. The average Bonchev–Trinajstić information content (AvgIpc) is 2.60. The van der Waals surface area contributed by atoms with Crippen molar-refractivity contribution >= 4 is 11.7 Å². The monoisotopic (exact) mass is 332 g/mol. The molecule has 0 spiro atoms. The standard InChI is InChI=1S/C18H28N4O2/c1-13-11-22(12-14(2)24-13)16-5-8-21(9-6-16)18(23)15-4-7-20-17(10-15)19-3/h4,7,10,13-14,16H,5-6,8-9,11-12H2,1-3H3,(H,19,20)/t13-,14+. The largest absolute Gasteiger partial charge is 0.373 e. The lowest BCUT2D eigenvalue weighted by Gasteiger charge is -2.43. The predicted octanol–water partition coefficient (Wildman–Crippen LogP) is 1.84. The molecule has 6 nitrogen and oxygen atoms in total. The number of hydrogen-bond acceptors (Lipinski definition) is 5. The van der Waals surface area contributed by atoms with Crippen LogP contribution in [-0.2, 0) is 4.74 Å². The van der Waals surface area contributed by atoms with Crippen LogP contribution in [0.2, 0.25) is 0 Å². The van der Waals surface area contributed by atoms with E-state index in [1.54, 1.807) is 12.3 Å². The summed E-state index contributed by atoms with van der Waals surface area (Å²) in [6, 6.07) is 4.17. The smallest absolute Gasteiger partial charge is 0.254 e. The fraction of sp³-hybridized carbons (Fsp3) is 0.667. The Morgan fingerprint density at radius 2 is 1.92 bits per heavy atom. The summed E-state index contributed by atoms with van der Waals surface area (Å²) in [5, 5.41) is 2.98. The van der Waals surface area contributed by atoms with Gasteiger partial charge in [0.2, 0.25) is 0 Å². The van der Waals surface area contributed by atoms with Crippen molar-refractivity contribution in [3.05, 3.63) is 23.9 Å². The molecule has 2 atom stereocenters. The Labute approximate surface area is 144 Å². The van der Waals surface area contributed by atoms with E-state index in [-0.39, 0.29) is 5.91 Å². The van der Waals surface area contributed by atoms with Crippen LogP contribution in [-0.4, -0.2) is 72.2 Å². The highest BCUT2D eigenvalue weighted by Crippen LogP contribution is 2.22. The molecule has 0 saturated carbocycles. The SMILES string of the molecule is CNc1cc(C(=O)N2CCC(N3C[C@@H](C)O[C@@H](C)C3)CC2)ccn1. The van der Waals surface area contributed by atoms with Gasteiger partial charge in [-0.2, -0.15) is 0 Å². The first kappa shape index (κ1) is 17.2. The number of amides is 1. The van der Waals surface area contributed by atoms with E-state index >= 15 is 0 Å². The van der Waals surface area contributed by atoms with Gasteiger partial charge in [0.15, 0.2) is 0 Å². The van der Waals surface area contributed by atoms with E-state index in [0.717, 1.165) is 44.8 Å². The Kier molecular flexibility index (Phi) is 5.36. The summed E-state index contributed by atoms with van der Waals surface area (Å²) in [6.45, 7) is 7.92. The summed E-state index contributed by atoms with van der Waals surface area (Å²) in [6.07, 6.45) is 4.35. The van der Waals surface area contributed by atoms with Crippen molar-refractivity contribution in [2.24, 2.45) is 0 Å². The molecule has 3 rings (SSSR count). The highest BCUT2D eigenvalue weighted by atomic mass is 16.5. The van der Waals surface area contributed by atoms with Crippen molar-refractivity contribution in [2.75, 3.05) is 38.5 Å². The predicted molar refractivity (Wildman–Crippen MR) is 94.3 cm³/mol. The number of nitrogens with zero attached hydrogens (tertiary/aromatic N) is 3. The summed E-state index contributed by atoms with van der Waals surface area (Å²) < 4.78 is 5.83. The van der Waals surface area contributed by atoms with Crippen LogP contribution in [0.4, 0.5) is 5.82 Å². The Bertz CT molecular complexity index is 562. The normalized spacial score (nSPS) is 26.4. The lowest BCUT2D eigenvalue weighted by Crippen LogP contribution is -2.53. The molecule has 132 valence electrons. The van der Waals surface area contributed by atoms with Crippen LogP contribution in [0.25, 0.3) is 0 Å². The molecular weight excluding hydrogens is 304 g/mol. The molecule has 0 aliphatic carbocycles. The number of rotatable bonds is 3. The lowest BCUT2D eigenvalue weighted by molar-refractivity contribution is -0.0856. The molecule has 2 aliphatic rings. The van der Waals surface area contributed by atoms with Gasteiger partial charge < -0.3 is 15.0 Å². The molecule has 1 aromatic rings. The maximum atomic E-state index is 12.7. The zero-order chi connectivity index (χ0) is 17.1. The number of ether oxygens (including phenoxy) is 1. The number of pyridine rings is 1. The van der Waals surface area contributed by atoms with Crippen LogP contribution in [0, 0.1) is 0 Å². The van der Waals surface area contributed by atoms with Gasteiger partial charge in [0.05, 0.1) is 12.2 Å². The fourth-order valence-corrected chi connectivity index (χ4v) is 3.83. The quantitative estimate of drug-likeness (QED) is 0.915. The number of aromatic nitrogens is 1. The van der Waals surface area contributed by atoms with Gasteiger partial charge in [-0.1, -0.05) is 0 Å². The van der Waals surface area contributed by atoms with Gasteiger partial charge >= 0.3 is 0 Å². The van der Waals surface area contributed by atoms with Gasteiger partial charge in [-0.05, 0) is 38.8 Å². The second kappa shape index (κ2) is 7.49. The number of piperidine rings is 1. The van der Waals surface area contributed by atoms with Crippen molar-refractivity contribution in [1.82, 2.24) is 14.8 Å². The van der Waals surface area contributed by atoms with Crippen LogP contribution in [0.5, 0.6) is 0 Å². The topological polar surface area (TPSA) is 57.7 Å². The van der Waals surface area contributed by atoms with Crippen molar-refractivity contribution in [3.63, 3.8) is 0 Å². The van der Waals surface area contributed by atoms with Crippen molar-refractivity contribution in [3.8, 4) is 0 Å². The molecule has 6 heteroatoms. The number of anilines is 1. The van der Waals surface area contributed by atoms with Gasteiger partial charge in [-0.3, -0.25) is 9.69 Å². The Morgan fingerprint density at radius 3 is 2.54 bits per heavy atom. The molecule has 3 heterocycles. The molecule has 2 fully saturated rings. The molecule has 2 aliphatic heterocycles. The van der Waals surface area contributed by atoms with E-state index in [4.69, 9.17) is 4.74 Å². The van der Waals surface area contributed by atoms with E-state index in [0.29, 0.717) is 23.8 Å². The Hall–Kier alpha value is -1.66. The van der Waals surface area contributed by atoms with E-state index in [2.05, 4.69) is 29.0 Å². The third-order valence-corrected chi connectivity index (χ3v) is 4.98. The second-order valence-corrected chi connectivity index (χ2v) is 6.91. The van der Waals surface area contributed by atoms with Crippen LogP contribution in [0.1, 0.15) is 37.0 Å². The highest BCUT2D eigenvalue weighted by Gasteiger charge is 2.31. The van der Waals surface area contributed by atoms with Crippen LogP contribution >= 0.6 is 0 Å². The summed E-state index contributed by atoms with van der Waals surface area (Å²) in [5.41, 5.74) is 0.710. The molecule has 24 heavy (non-hydrogen) atoms. The summed E-state index contributed by atoms with van der Waals surface area (Å²) >= 11 is 0. The lowest BCUT2D eigenvalue weighted by atomic mass is 10.0. The number of nitrogens with one attached hydrogen (secondary N) is 1. The minimum atomic E-state index is 0.107. The molecular formula is C18H28N4O2. The molecule has 1 aromatic heterocycles. The van der Waals surface area contributed by atoms with Crippen LogP contribution in [0.15, 0.2) is 18.3 Å². The van der Waals surface area contributed by atoms with Crippen LogP contribution in [0.3, 0.4) is 0 Å². The summed E-state index contributed by atoms with van der Waals surface area (Å²) in [4.78, 5) is 21.4. The maximum absolute atomic E-state index is 12.7. The minimum Gasteiger partial charge on any atom is -0.373 e. The molecule has 1 N–H and O–H groups in total. The van der Waals surface area contributed by atoms with Crippen molar-refractivity contribution in [2.45, 2.75) is 44.9 Å². The zero-order valence-corrected chi connectivity index (χ0v) is 14.9. The number of morpholine rings is 1. The third kappa shape index (κ3) is 3.87. The van der Waals surface area contributed by atoms with Gasteiger partial charge in [-0.25, -0.2) is 4.98 Å². The first-order valence-corrected chi connectivity index (χ1v) is 8.89. The van der Waals surface area contributed by atoms with Gasteiger partial charge in [0.1, 0.15) is 5.82 Å². The molecule has 1 amide bonds. The van der Waals surface area contributed by atoms with Crippen molar-refractivity contribution < 1.29 is 9.53 Å². The average molecular weight is 332 g/mol. The maximum Gasteiger partial charge on any atom is 0.254 e. The zero-order valence-electron chi connectivity index (χ0n) is 14.9. The Balaban J connectivity index is 1.57. The Morgan fingerprint density at radius 1 is 1.25 bits per heavy atom. The number of hydrogen-bond donors (Lipinski definition) is 1. The summed E-state index contributed by atoms with van der Waals surface area (Å²) in [5.74, 6) is 0.836. The fourth-order valence-electron chi connectivity index (χ4n) is 3.83. The van der Waals surface area contributed by atoms with Gasteiger partial charge in [-0.15, -0.1) is 0 Å². The molecule has 0 radical (unpaired) electrons. The molecule has 0 aromatic carbocycles. The minimum absolute atomic E-state index is 0.107. The highest BCUT2D eigenvalue weighted by molar-refractivity contribution is 5.94. The first-order valence-electron chi connectivity index (χ1n) is 8.89. The summed E-state index contributed by atoms with van der Waals surface area (Å²) in [7, 11) is 1.81. The van der Waals surface area contributed by atoms with Crippen molar-refractivity contribution in [1.29, 1.82) is 0 Å². The van der Waals surface area contributed by atoms with Gasteiger partial charge in [0, 0.05) is 51.0 Å². The van der Waals surface area contributed by atoms with E-state index in [9.17, 15) is 4.79 Å². The third-order valence-electron chi connectivity index (χ3n) is 4.98. The number of likely N-dealkylation sites (tertiary alicyclic amines) is 1. The van der Waals surface area contributed by atoms with E-state index < -0.39 is 0 Å². The number of carbonyl (C=O) groups is 1. The van der Waals surface area contributed by atoms with E-state index in [1.165, 1.54) is 0 Å².